The second-order valence-corrected chi connectivity index (χ2v) is 11.5. The number of nitrogens with zero attached hydrogens (tertiary/aromatic N) is 4. The molecule has 0 spiro atoms. The average Bonchev–Trinajstić information content (AvgIpc) is 3.56. The van der Waals surface area contributed by atoms with E-state index >= 15 is 0 Å². The molecule has 0 radical (unpaired) electrons. The van der Waals surface area contributed by atoms with Crippen molar-refractivity contribution in [3.63, 3.8) is 0 Å². The maximum absolute atomic E-state index is 13.1. The smallest absolute Gasteiger partial charge is 0.387 e. The first-order valence-corrected chi connectivity index (χ1v) is 14.0. The zero-order chi connectivity index (χ0) is 27.9. The van der Waals surface area contributed by atoms with Gasteiger partial charge in [0, 0.05) is 52.6 Å². The summed E-state index contributed by atoms with van der Waals surface area (Å²) in [5, 5.41) is 17.8. The molecule has 7 nitrogen and oxygen atoms in total. The van der Waals surface area contributed by atoms with Crippen molar-refractivity contribution in [1.82, 2.24) is 14.8 Å². The molecule has 0 aliphatic carbocycles. The molecule has 14 heteroatoms. The van der Waals surface area contributed by atoms with Gasteiger partial charge in [-0.05, 0) is 31.1 Å². The number of hydrogen-bond donors (Lipinski definition) is 1. The van der Waals surface area contributed by atoms with E-state index in [0.717, 1.165) is 21.8 Å². The minimum Gasteiger partial charge on any atom is -0.387 e. The highest BCUT2D eigenvalue weighted by atomic mass is 35.5. The molecule has 3 aliphatic rings. The van der Waals surface area contributed by atoms with Crippen molar-refractivity contribution in [2.45, 2.75) is 43.7 Å². The Kier molecular flexibility index (Phi) is 8.17. The maximum atomic E-state index is 13.1. The number of hydrogen-bond acceptors (Lipinski definition) is 7. The zero-order valence-corrected chi connectivity index (χ0v) is 23.3. The van der Waals surface area contributed by atoms with Gasteiger partial charge in [0.15, 0.2) is 12.3 Å². The van der Waals surface area contributed by atoms with Gasteiger partial charge >= 0.3 is 6.18 Å². The summed E-state index contributed by atoms with van der Waals surface area (Å²) in [7, 11) is 0. The van der Waals surface area contributed by atoms with Crippen LogP contribution in [-0.4, -0.2) is 63.5 Å². The third-order valence-corrected chi connectivity index (χ3v) is 8.78. The van der Waals surface area contributed by atoms with Crippen molar-refractivity contribution in [3.8, 4) is 0 Å². The number of thiazole rings is 1. The molecule has 1 aromatic carbocycles. The highest BCUT2D eigenvalue weighted by Crippen LogP contribution is 2.39. The van der Waals surface area contributed by atoms with Crippen molar-refractivity contribution in [3.05, 3.63) is 72.8 Å². The van der Waals surface area contributed by atoms with E-state index in [4.69, 9.17) is 44.6 Å². The molecule has 39 heavy (non-hydrogen) atoms. The summed E-state index contributed by atoms with van der Waals surface area (Å²) in [4.78, 5) is 25.7. The Morgan fingerprint density at radius 2 is 1.87 bits per heavy atom. The van der Waals surface area contributed by atoms with Crippen LogP contribution in [0.1, 0.15) is 47.5 Å². The lowest BCUT2D eigenvalue weighted by Gasteiger charge is -2.35. The van der Waals surface area contributed by atoms with Crippen molar-refractivity contribution in [1.29, 1.82) is 0 Å². The van der Waals surface area contributed by atoms with Gasteiger partial charge < -0.3 is 19.7 Å². The predicted molar refractivity (Wildman–Crippen MR) is 143 cm³/mol. The van der Waals surface area contributed by atoms with Crippen LogP contribution >= 0.6 is 46.1 Å². The van der Waals surface area contributed by atoms with Gasteiger partial charge in [0.1, 0.15) is 5.71 Å². The Hall–Kier alpha value is -2.31. The number of likely N-dealkylation sites (tertiary alicyclic amines) is 1. The molecule has 2 aromatic rings. The summed E-state index contributed by atoms with van der Waals surface area (Å²) in [6, 6.07) is 5.26. The molecule has 2 atom stereocenters. The van der Waals surface area contributed by atoms with Crippen LogP contribution in [0.3, 0.4) is 0 Å². The van der Waals surface area contributed by atoms with Gasteiger partial charge in [-0.1, -0.05) is 46.0 Å². The lowest BCUT2D eigenvalue weighted by atomic mass is 9.97. The number of benzene rings is 1. The molecular weight excluding hydrogens is 600 g/mol. The monoisotopic (exact) mass is 620 g/mol. The fourth-order valence-corrected chi connectivity index (χ4v) is 6.58. The first-order valence-electron chi connectivity index (χ1n) is 12.0. The molecule has 3 aliphatic heterocycles. The normalized spacial score (nSPS) is 22.4. The molecule has 1 N–H and O–H groups in total. The van der Waals surface area contributed by atoms with Crippen LogP contribution in [0.25, 0.3) is 0 Å². The lowest BCUT2D eigenvalue weighted by molar-refractivity contribution is -0.135. The topological polar surface area (TPSA) is 78.3 Å². The Labute approximate surface area is 241 Å². The van der Waals surface area contributed by atoms with E-state index in [2.05, 4.69) is 5.16 Å². The summed E-state index contributed by atoms with van der Waals surface area (Å²) in [6.07, 6.45) is -3.40. The summed E-state index contributed by atoms with van der Waals surface area (Å²) in [6.45, 7) is 0.408. The second-order valence-electron chi connectivity index (χ2n) is 9.35. The number of aliphatic hydroxyl groups excluding tert-OH is 1. The Morgan fingerprint density at radius 3 is 2.54 bits per heavy atom. The molecule has 1 amide bonds. The van der Waals surface area contributed by atoms with Crippen LogP contribution in [0.15, 0.2) is 51.6 Å². The van der Waals surface area contributed by atoms with Crippen molar-refractivity contribution in [2.24, 2.45) is 5.16 Å². The molecular formula is C25H22Cl3F3N4O3S. The molecule has 4 heterocycles. The van der Waals surface area contributed by atoms with Crippen LogP contribution in [-0.2, 0) is 9.63 Å². The molecule has 208 valence electrons. The van der Waals surface area contributed by atoms with Crippen LogP contribution in [0.5, 0.6) is 0 Å². The molecule has 1 aromatic heterocycles. The highest BCUT2D eigenvalue weighted by Gasteiger charge is 2.38. The Balaban J connectivity index is 1.16. The van der Waals surface area contributed by atoms with Gasteiger partial charge in [-0.2, -0.15) is 13.2 Å². The van der Waals surface area contributed by atoms with Gasteiger partial charge in [0.05, 0.1) is 27.9 Å². The summed E-state index contributed by atoms with van der Waals surface area (Å²) in [5.41, 5.74) is 1.08. The third kappa shape index (κ3) is 6.07. The quantitative estimate of drug-likeness (QED) is 0.429. The Bertz CT molecular complexity index is 1340. The van der Waals surface area contributed by atoms with Gasteiger partial charge in [0.2, 0.25) is 5.91 Å². The van der Waals surface area contributed by atoms with Crippen molar-refractivity contribution < 1.29 is 27.9 Å². The van der Waals surface area contributed by atoms with E-state index in [9.17, 15) is 23.1 Å². The van der Waals surface area contributed by atoms with Crippen LogP contribution in [0, 0.1) is 0 Å². The standard InChI is InChI=1S/C25H22Cl3F3N4O3S/c26-15-2-1-3-16(27)22(15)20-9-18(33-38-20)19-12-39-23(32-19)13-4-6-34(7-5-13)21(36)11-35-10-14(25(29,30)31)8-17(28)24(35)37/h1-3,8,10,12-13,20,24,37H,4-7,9,11H2. The minimum atomic E-state index is -4.65. The number of piperidine rings is 1. The van der Waals surface area contributed by atoms with E-state index < -0.39 is 41.6 Å². The summed E-state index contributed by atoms with van der Waals surface area (Å²) in [5.74, 6) is -0.266. The highest BCUT2D eigenvalue weighted by molar-refractivity contribution is 7.10. The third-order valence-electron chi connectivity index (χ3n) is 6.81. The molecule has 2 unspecified atom stereocenters. The number of alkyl halides is 3. The fourth-order valence-electron chi connectivity index (χ4n) is 4.70. The zero-order valence-electron chi connectivity index (χ0n) is 20.2. The fraction of sp³-hybridized carbons (Fsp3) is 0.400. The number of amides is 1. The SMILES string of the molecule is O=C(CN1C=C(C(F)(F)F)C=C(Cl)C1O)N1CCC(c2nc(C3=NOC(c4c(Cl)cccc4Cl)C3)cs2)CC1. The van der Waals surface area contributed by atoms with Gasteiger partial charge in [-0.15, -0.1) is 11.3 Å². The van der Waals surface area contributed by atoms with E-state index in [1.165, 1.54) is 11.3 Å². The van der Waals surface area contributed by atoms with Gasteiger partial charge in [0.25, 0.3) is 0 Å². The lowest BCUT2D eigenvalue weighted by Crippen LogP contribution is -2.46. The number of allylic oxidation sites excluding steroid dienone is 2. The van der Waals surface area contributed by atoms with E-state index in [1.54, 1.807) is 23.1 Å². The second kappa shape index (κ2) is 11.3. The average molecular weight is 622 g/mol. The number of halogens is 6. The number of carbonyl (C=O) groups is 1. The number of oxime groups is 1. The van der Waals surface area contributed by atoms with E-state index in [1.807, 2.05) is 5.38 Å². The summed E-state index contributed by atoms with van der Waals surface area (Å²) < 4.78 is 39.4. The maximum Gasteiger partial charge on any atom is 0.417 e. The predicted octanol–water partition coefficient (Wildman–Crippen LogP) is 6.22. The van der Waals surface area contributed by atoms with Crippen LogP contribution < -0.4 is 0 Å². The number of rotatable bonds is 5. The number of carbonyl (C=O) groups excluding carboxylic acids is 1. The molecule has 5 rings (SSSR count). The minimum absolute atomic E-state index is 0.124. The molecule has 1 saturated heterocycles. The largest absolute Gasteiger partial charge is 0.417 e. The first-order chi connectivity index (χ1) is 18.5. The molecule has 1 fully saturated rings. The van der Waals surface area contributed by atoms with Crippen LogP contribution in [0.2, 0.25) is 10.0 Å². The Morgan fingerprint density at radius 1 is 1.18 bits per heavy atom. The van der Waals surface area contributed by atoms with E-state index in [0.29, 0.717) is 59.7 Å². The molecule has 0 saturated carbocycles. The number of aliphatic hydroxyl groups is 1. The van der Waals surface area contributed by atoms with Crippen molar-refractivity contribution >= 4 is 57.8 Å². The summed E-state index contributed by atoms with van der Waals surface area (Å²) >= 11 is 19.9. The van der Waals surface area contributed by atoms with Crippen LogP contribution in [0.4, 0.5) is 13.2 Å². The first kappa shape index (κ1) is 28.2. The van der Waals surface area contributed by atoms with Gasteiger partial charge in [-0.25, -0.2) is 4.98 Å². The van der Waals surface area contributed by atoms with Gasteiger partial charge in [-0.3, -0.25) is 4.79 Å². The van der Waals surface area contributed by atoms with Crippen molar-refractivity contribution in [2.75, 3.05) is 19.6 Å². The molecule has 0 bridgehead atoms. The van der Waals surface area contributed by atoms with E-state index in [-0.39, 0.29) is 5.92 Å². The number of aromatic nitrogens is 1.